The van der Waals surface area contributed by atoms with E-state index in [1.165, 1.54) is 12.2 Å². The van der Waals surface area contributed by atoms with Crippen LogP contribution in [-0.2, 0) is 4.79 Å². The Labute approximate surface area is 200 Å². The molecule has 0 aromatic heterocycles. The molecule has 3 aromatic carbocycles. The van der Waals surface area contributed by atoms with Crippen molar-refractivity contribution in [2.75, 3.05) is 28.4 Å². The molecular weight excluding hydrogens is 428 g/mol. The average molecular weight is 457 g/mol. The maximum absolute atomic E-state index is 12.5. The van der Waals surface area contributed by atoms with Crippen molar-refractivity contribution in [3.8, 4) is 23.0 Å². The Hall–Kier alpha value is -4.25. The van der Waals surface area contributed by atoms with Gasteiger partial charge in [0.2, 0.25) is 0 Å². The Kier molecular flexibility index (Phi) is 8.69. The smallest absolute Gasteiger partial charge is 0.178 e. The van der Waals surface area contributed by atoms with Gasteiger partial charge >= 0.3 is 0 Å². The highest BCUT2D eigenvalue weighted by atomic mass is 16.5. The zero-order valence-corrected chi connectivity index (χ0v) is 19.8. The fraction of sp³-hybridized carbons (Fsp3) is 0.138. The quantitative estimate of drug-likeness (QED) is 0.269. The van der Waals surface area contributed by atoms with E-state index in [0.717, 1.165) is 33.8 Å². The lowest BCUT2D eigenvalue weighted by Gasteiger charge is -2.11. The Bertz CT molecular complexity index is 1200. The van der Waals surface area contributed by atoms with E-state index >= 15 is 0 Å². The maximum Gasteiger partial charge on any atom is 0.178 e. The van der Waals surface area contributed by atoms with Crippen LogP contribution < -0.4 is 18.9 Å². The second-order valence-electron chi connectivity index (χ2n) is 7.28. The summed E-state index contributed by atoms with van der Waals surface area (Å²) in [7, 11) is 6.44. The molecule has 0 aliphatic carbocycles. The van der Waals surface area contributed by atoms with Crippen molar-refractivity contribution in [2.45, 2.75) is 0 Å². The first-order chi connectivity index (χ1) is 16.6. The molecule has 0 atom stereocenters. The summed E-state index contributed by atoms with van der Waals surface area (Å²) in [4.78, 5) is 12.5. The third kappa shape index (κ3) is 6.62. The van der Waals surface area contributed by atoms with E-state index in [2.05, 4.69) is 0 Å². The lowest BCUT2D eigenvalue weighted by Crippen LogP contribution is -1.94. The van der Waals surface area contributed by atoms with Crippen LogP contribution in [0.1, 0.15) is 22.3 Å². The molecule has 0 unspecified atom stereocenters. The molecule has 0 saturated carbocycles. The Balaban J connectivity index is 1.87. The van der Waals surface area contributed by atoms with Crippen molar-refractivity contribution in [1.82, 2.24) is 0 Å². The molecule has 5 heteroatoms. The molecule has 0 amide bonds. The van der Waals surface area contributed by atoms with Gasteiger partial charge in [-0.05, 0) is 65.3 Å². The summed E-state index contributed by atoms with van der Waals surface area (Å²) in [6.07, 6.45) is 10.5. The average Bonchev–Trinajstić information content (AvgIpc) is 2.89. The van der Waals surface area contributed by atoms with Crippen molar-refractivity contribution in [3.05, 3.63) is 95.1 Å². The number of ether oxygens (including phenoxy) is 4. The van der Waals surface area contributed by atoms with Gasteiger partial charge < -0.3 is 18.9 Å². The molecule has 0 bridgehead atoms. The summed E-state index contributed by atoms with van der Waals surface area (Å²) in [6, 6.07) is 18.9. The predicted octanol–water partition coefficient (Wildman–Crippen LogP) is 6.19. The number of methoxy groups -OCH3 is 4. The molecule has 174 valence electrons. The molecule has 0 aliphatic rings. The van der Waals surface area contributed by atoms with Gasteiger partial charge in [0, 0.05) is 11.6 Å². The van der Waals surface area contributed by atoms with Crippen molar-refractivity contribution in [1.29, 1.82) is 0 Å². The number of rotatable bonds is 10. The van der Waals surface area contributed by atoms with Crippen LogP contribution in [0, 0.1) is 0 Å². The van der Waals surface area contributed by atoms with Gasteiger partial charge in [0.25, 0.3) is 0 Å². The predicted molar refractivity (Wildman–Crippen MR) is 138 cm³/mol. The third-order valence-electron chi connectivity index (χ3n) is 5.12. The molecule has 0 radical (unpaired) electrons. The van der Waals surface area contributed by atoms with E-state index in [9.17, 15) is 4.79 Å². The van der Waals surface area contributed by atoms with Crippen molar-refractivity contribution in [3.63, 3.8) is 0 Å². The van der Waals surface area contributed by atoms with Crippen LogP contribution in [0.2, 0.25) is 0 Å². The molecule has 0 aliphatic heterocycles. The number of benzene rings is 3. The van der Waals surface area contributed by atoms with Gasteiger partial charge in [-0.25, -0.2) is 0 Å². The molecule has 5 nitrogen and oxygen atoms in total. The number of hydrogen-bond acceptors (Lipinski definition) is 5. The first kappa shape index (κ1) is 24.4. The van der Waals surface area contributed by atoms with Crippen LogP contribution in [0.15, 0.2) is 72.8 Å². The fourth-order valence-electron chi connectivity index (χ4n) is 3.27. The second kappa shape index (κ2) is 12.1. The lowest BCUT2D eigenvalue weighted by atomic mass is 10.0. The summed E-state index contributed by atoms with van der Waals surface area (Å²) in [6.45, 7) is 0. The summed E-state index contributed by atoms with van der Waals surface area (Å²) >= 11 is 0. The molecule has 3 aromatic rings. The Morgan fingerprint density at radius 2 is 1.32 bits per heavy atom. The molecular formula is C29H28O5. The van der Waals surface area contributed by atoms with Gasteiger partial charge in [-0.2, -0.15) is 0 Å². The van der Waals surface area contributed by atoms with Gasteiger partial charge in [0.1, 0.15) is 23.0 Å². The summed E-state index contributed by atoms with van der Waals surface area (Å²) in [5, 5.41) is 0. The number of ketones is 1. The normalized spacial score (nSPS) is 11.3. The number of allylic oxidation sites excluding steroid dienone is 2. The highest BCUT2D eigenvalue weighted by molar-refractivity contribution is 6.05. The van der Waals surface area contributed by atoms with Crippen LogP contribution in [0.25, 0.3) is 24.3 Å². The van der Waals surface area contributed by atoms with Gasteiger partial charge in [-0.15, -0.1) is 0 Å². The van der Waals surface area contributed by atoms with Crippen LogP contribution in [0.3, 0.4) is 0 Å². The second-order valence-corrected chi connectivity index (χ2v) is 7.28. The number of carbonyl (C=O) groups excluding carboxylic acids is 1. The van der Waals surface area contributed by atoms with Gasteiger partial charge in [-0.3, -0.25) is 4.79 Å². The van der Waals surface area contributed by atoms with E-state index in [4.69, 9.17) is 18.9 Å². The minimum absolute atomic E-state index is 0.147. The monoisotopic (exact) mass is 456 g/mol. The largest absolute Gasteiger partial charge is 0.497 e. The number of hydrogen-bond donors (Lipinski definition) is 0. The van der Waals surface area contributed by atoms with Crippen molar-refractivity contribution >= 4 is 30.1 Å². The minimum Gasteiger partial charge on any atom is -0.497 e. The van der Waals surface area contributed by atoms with Gasteiger partial charge in [0.05, 0.1) is 28.4 Å². The molecule has 34 heavy (non-hydrogen) atoms. The molecule has 0 saturated heterocycles. The van der Waals surface area contributed by atoms with E-state index in [1.807, 2.05) is 66.7 Å². The summed E-state index contributed by atoms with van der Waals surface area (Å²) in [5.74, 6) is 2.65. The third-order valence-corrected chi connectivity index (χ3v) is 5.12. The van der Waals surface area contributed by atoms with Crippen LogP contribution in [-0.4, -0.2) is 34.2 Å². The van der Waals surface area contributed by atoms with Crippen LogP contribution >= 0.6 is 0 Å². The molecule has 0 fully saturated rings. The Morgan fingerprint density at radius 1 is 0.618 bits per heavy atom. The molecule has 0 spiro atoms. The highest BCUT2D eigenvalue weighted by Crippen LogP contribution is 2.31. The van der Waals surface area contributed by atoms with Crippen molar-refractivity contribution < 1.29 is 23.7 Å². The van der Waals surface area contributed by atoms with Crippen LogP contribution in [0.4, 0.5) is 0 Å². The number of carbonyl (C=O) groups is 1. The first-order valence-electron chi connectivity index (χ1n) is 10.7. The standard InChI is InChI=1S/C29H28O5/c1-31-25-15-10-21(11-16-25)8-12-23-19-27(33-3)20-29(34-4)28(23)17-14-24(30)13-9-22-6-5-7-26(18-22)32-2/h5-20H,1-4H3/b12-8+,13-9+,17-14+. The van der Waals surface area contributed by atoms with E-state index in [0.29, 0.717) is 11.5 Å². The Morgan fingerprint density at radius 3 is 2.00 bits per heavy atom. The summed E-state index contributed by atoms with van der Waals surface area (Å²) in [5.41, 5.74) is 3.52. The minimum atomic E-state index is -0.147. The molecule has 3 rings (SSSR count). The molecule has 0 N–H and O–H groups in total. The first-order valence-corrected chi connectivity index (χ1v) is 10.7. The topological polar surface area (TPSA) is 54.0 Å². The SMILES string of the molecule is COc1ccc(/C=C/c2cc(OC)cc(OC)c2/C=C/C(=O)/C=C/c2cccc(OC)c2)cc1. The van der Waals surface area contributed by atoms with E-state index < -0.39 is 0 Å². The van der Waals surface area contributed by atoms with Crippen molar-refractivity contribution in [2.24, 2.45) is 0 Å². The van der Waals surface area contributed by atoms with Gasteiger partial charge in [0.15, 0.2) is 5.78 Å². The molecule has 0 heterocycles. The summed E-state index contributed by atoms with van der Waals surface area (Å²) < 4.78 is 21.4. The zero-order valence-electron chi connectivity index (χ0n) is 19.8. The van der Waals surface area contributed by atoms with E-state index in [1.54, 1.807) is 46.7 Å². The maximum atomic E-state index is 12.5. The highest BCUT2D eigenvalue weighted by Gasteiger charge is 2.09. The van der Waals surface area contributed by atoms with E-state index in [-0.39, 0.29) is 5.78 Å². The zero-order chi connectivity index (χ0) is 24.3. The fourth-order valence-corrected chi connectivity index (χ4v) is 3.27. The lowest BCUT2D eigenvalue weighted by molar-refractivity contribution is -0.110. The van der Waals surface area contributed by atoms with Crippen LogP contribution in [0.5, 0.6) is 23.0 Å². The van der Waals surface area contributed by atoms with Gasteiger partial charge in [-0.1, -0.05) is 42.5 Å².